The van der Waals surface area contributed by atoms with Gasteiger partial charge in [0.25, 0.3) is 0 Å². The molecule has 0 spiro atoms. The predicted molar refractivity (Wildman–Crippen MR) is 52.3 cm³/mol. The molecule has 0 radical (unpaired) electrons. The van der Waals surface area contributed by atoms with E-state index < -0.39 is 0 Å². The monoisotopic (exact) mass is 149 g/mol. The van der Waals surface area contributed by atoms with Crippen LogP contribution in [0.5, 0.6) is 0 Å². The second-order valence-corrected chi connectivity index (χ2v) is 3.66. The van der Waals surface area contributed by atoms with E-state index in [0.717, 1.165) is 6.04 Å². The van der Waals surface area contributed by atoms with Gasteiger partial charge in [0.1, 0.15) is 0 Å². The van der Waals surface area contributed by atoms with Crippen molar-refractivity contribution in [1.29, 1.82) is 0 Å². The summed E-state index contributed by atoms with van der Waals surface area (Å²) in [6.45, 7) is 4.46. The topological polar surface area (TPSA) is 12.0 Å². The van der Waals surface area contributed by atoms with Gasteiger partial charge in [-0.15, -0.1) is 0 Å². The van der Waals surface area contributed by atoms with Gasteiger partial charge in [0, 0.05) is 12.1 Å². The van der Waals surface area contributed by atoms with E-state index >= 15 is 0 Å². The summed E-state index contributed by atoms with van der Waals surface area (Å²) in [5, 5.41) is 3.58. The first-order valence-electron chi connectivity index (χ1n) is 4.55. The van der Waals surface area contributed by atoms with Gasteiger partial charge >= 0.3 is 18.9 Å². The van der Waals surface area contributed by atoms with E-state index in [1.165, 1.54) is 32.1 Å². The first-order valence-corrected chi connectivity index (χ1v) is 4.55. The molecular formula is C9H20LiN. The van der Waals surface area contributed by atoms with Crippen molar-refractivity contribution >= 4 is 18.9 Å². The minimum absolute atomic E-state index is 0. The van der Waals surface area contributed by atoms with Crippen molar-refractivity contribution < 1.29 is 0 Å². The zero-order valence-corrected chi connectivity index (χ0v) is 7.19. The molecule has 1 aliphatic carbocycles. The van der Waals surface area contributed by atoms with Gasteiger partial charge in [-0.1, -0.05) is 33.1 Å². The van der Waals surface area contributed by atoms with E-state index in [1.54, 1.807) is 0 Å². The Morgan fingerprint density at radius 3 is 2.09 bits per heavy atom. The van der Waals surface area contributed by atoms with Gasteiger partial charge in [0.15, 0.2) is 0 Å². The zero-order valence-electron chi connectivity index (χ0n) is 7.19. The first kappa shape index (κ1) is 11.6. The van der Waals surface area contributed by atoms with Crippen LogP contribution in [-0.4, -0.2) is 30.9 Å². The fraction of sp³-hybridized carbons (Fsp3) is 1.00. The predicted octanol–water partition coefficient (Wildman–Crippen LogP) is 1.67. The molecule has 0 unspecified atom stereocenters. The van der Waals surface area contributed by atoms with Crippen LogP contribution in [0.15, 0.2) is 0 Å². The van der Waals surface area contributed by atoms with E-state index in [4.69, 9.17) is 0 Å². The molecule has 0 aromatic carbocycles. The number of hydrogen-bond donors (Lipinski definition) is 1. The molecular weight excluding hydrogens is 129 g/mol. The normalized spacial score (nSPS) is 19.9. The van der Waals surface area contributed by atoms with Crippen molar-refractivity contribution in [2.45, 2.75) is 58.0 Å². The zero-order chi connectivity index (χ0) is 7.40. The van der Waals surface area contributed by atoms with Gasteiger partial charge in [-0.25, -0.2) is 0 Å². The molecule has 0 aromatic heterocycles. The molecule has 1 rings (SSSR count). The van der Waals surface area contributed by atoms with Crippen LogP contribution in [0.3, 0.4) is 0 Å². The van der Waals surface area contributed by atoms with Crippen molar-refractivity contribution in [3.63, 3.8) is 0 Å². The van der Waals surface area contributed by atoms with Gasteiger partial charge in [-0.3, -0.25) is 0 Å². The fourth-order valence-electron chi connectivity index (χ4n) is 1.74. The average Bonchev–Trinajstić information content (AvgIpc) is 1.88. The van der Waals surface area contributed by atoms with Gasteiger partial charge in [-0.05, 0) is 12.8 Å². The first-order chi connectivity index (χ1) is 4.79. The summed E-state index contributed by atoms with van der Waals surface area (Å²) in [6.07, 6.45) is 7.13. The van der Waals surface area contributed by atoms with Crippen molar-refractivity contribution in [2.24, 2.45) is 0 Å². The van der Waals surface area contributed by atoms with Gasteiger partial charge in [-0.2, -0.15) is 0 Å². The van der Waals surface area contributed by atoms with E-state index in [9.17, 15) is 0 Å². The molecule has 11 heavy (non-hydrogen) atoms. The molecule has 0 aliphatic heterocycles. The molecule has 1 fully saturated rings. The van der Waals surface area contributed by atoms with Crippen molar-refractivity contribution in [3.05, 3.63) is 0 Å². The Balaban J connectivity index is 0.000001000. The second-order valence-electron chi connectivity index (χ2n) is 3.66. The van der Waals surface area contributed by atoms with E-state index in [0.29, 0.717) is 6.04 Å². The number of nitrogens with one attached hydrogen (secondary N) is 1. The molecule has 0 bridgehead atoms. The summed E-state index contributed by atoms with van der Waals surface area (Å²) >= 11 is 0. The van der Waals surface area contributed by atoms with Crippen LogP contribution in [0.1, 0.15) is 46.0 Å². The third-order valence-electron chi connectivity index (χ3n) is 2.17. The third-order valence-corrected chi connectivity index (χ3v) is 2.17. The third kappa shape index (κ3) is 4.90. The van der Waals surface area contributed by atoms with Crippen LogP contribution in [0.2, 0.25) is 0 Å². The quantitative estimate of drug-likeness (QED) is 0.589. The molecule has 1 N–H and O–H groups in total. The molecule has 0 atom stereocenters. The van der Waals surface area contributed by atoms with Gasteiger partial charge in [0.05, 0.1) is 0 Å². The van der Waals surface area contributed by atoms with Crippen molar-refractivity contribution in [2.75, 3.05) is 0 Å². The molecule has 0 saturated heterocycles. The Hall–Kier alpha value is 0.557. The second kappa shape index (κ2) is 6.12. The van der Waals surface area contributed by atoms with Crippen LogP contribution >= 0.6 is 0 Å². The summed E-state index contributed by atoms with van der Waals surface area (Å²) in [7, 11) is 0. The summed E-state index contributed by atoms with van der Waals surface area (Å²) in [6, 6.07) is 1.50. The molecule has 1 nitrogen and oxygen atoms in total. The molecule has 1 saturated carbocycles. The average molecular weight is 149 g/mol. The van der Waals surface area contributed by atoms with E-state index in [1.807, 2.05) is 0 Å². The Bertz CT molecular complexity index is 87.6. The van der Waals surface area contributed by atoms with E-state index in [-0.39, 0.29) is 18.9 Å². The standard InChI is InChI=1S/C9H19N.Li.H/c1-8(2)10-9-6-4-3-5-7-9;;/h8-10H,3-7H2,1-2H3;;. The Morgan fingerprint density at radius 2 is 1.64 bits per heavy atom. The number of hydrogen-bond acceptors (Lipinski definition) is 1. The van der Waals surface area contributed by atoms with Crippen molar-refractivity contribution in [3.8, 4) is 0 Å². The molecule has 1 aliphatic rings. The minimum atomic E-state index is 0. The Morgan fingerprint density at radius 1 is 1.09 bits per heavy atom. The van der Waals surface area contributed by atoms with Gasteiger partial charge in [0.2, 0.25) is 0 Å². The summed E-state index contributed by atoms with van der Waals surface area (Å²) in [5.74, 6) is 0. The maximum atomic E-state index is 3.58. The maximum absolute atomic E-state index is 3.58. The van der Waals surface area contributed by atoms with Crippen LogP contribution in [0.25, 0.3) is 0 Å². The molecule has 0 aromatic rings. The molecule has 62 valence electrons. The van der Waals surface area contributed by atoms with Gasteiger partial charge < -0.3 is 5.32 Å². The molecule has 0 amide bonds. The molecule has 2 heteroatoms. The summed E-state index contributed by atoms with van der Waals surface area (Å²) in [5.41, 5.74) is 0. The fourth-order valence-corrected chi connectivity index (χ4v) is 1.74. The Kier molecular flexibility index (Phi) is 6.43. The van der Waals surface area contributed by atoms with E-state index in [2.05, 4.69) is 19.2 Å². The van der Waals surface area contributed by atoms with Crippen LogP contribution in [0, 0.1) is 0 Å². The summed E-state index contributed by atoms with van der Waals surface area (Å²) < 4.78 is 0. The SMILES string of the molecule is CC(C)NC1CCCCC1.[LiH]. The van der Waals surface area contributed by atoms with Crippen molar-refractivity contribution in [1.82, 2.24) is 5.32 Å². The molecule has 0 heterocycles. The van der Waals surface area contributed by atoms with Crippen LogP contribution in [-0.2, 0) is 0 Å². The van der Waals surface area contributed by atoms with Crippen LogP contribution in [0.4, 0.5) is 0 Å². The number of rotatable bonds is 2. The summed E-state index contributed by atoms with van der Waals surface area (Å²) in [4.78, 5) is 0. The van der Waals surface area contributed by atoms with Crippen LogP contribution < -0.4 is 5.32 Å². The Labute approximate surface area is 82.5 Å².